The first kappa shape index (κ1) is 22.0. The molecule has 1 aromatic carbocycles. The first-order valence-electron chi connectivity index (χ1n) is 10.1. The monoisotopic (exact) mass is 432 g/mol. The van der Waals surface area contributed by atoms with Crippen molar-refractivity contribution < 1.29 is 23.5 Å². The van der Waals surface area contributed by atoms with Gasteiger partial charge in [0.05, 0.1) is 12.2 Å². The van der Waals surface area contributed by atoms with Gasteiger partial charge in [0, 0.05) is 29.4 Å². The third kappa shape index (κ3) is 5.05. The van der Waals surface area contributed by atoms with Crippen molar-refractivity contribution in [2.75, 3.05) is 25.0 Å². The van der Waals surface area contributed by atoms with Crippen molar-refractivity contribution in [1.82, 2.24) is 4.90 Å². The number of benzene rings is 1. The standard InChI is InChI=1S/C22H25FN2O4S/c1-3-17-13-18(22(28)29-4-2)20(30-17)24-19(26)14-9-11-25(12-10-14)21(27)15-5-7-16(23)8-6-15/h5-8,13-14H,3-4,9-12H2,1-2H3,(H,24,26). The minimum atomic E-state index is -0.441. The molecule has 0 spiro atoms. The van der Waals surface area contributed by atoms with E-state index in [0.29, 0.717) is 42.1 Å². The Morgan fingerprint density at radius 1 is 1.17 bits per heavy atom. The number of rotatable bonds is 6. The second-order valence-electron chi connectivity index (χ2n) is 7.09. The Labute approximate surface area is 179 Å². The van der Waals surface area contributed by atoms with Gasteiger partial charge in [-0.15, -0.1) is 11.3 Å². The maximum atomic E-state index is 13.1. The van der Waals surface area contributed by atoms with Crippen LogP contribution in [0.25, 0.3) is 0 Å². The Morgan fingerprint density at radius 2 is 1.83 bits per heavy atom. The lowest BCUT2D eigenvalue weighted by Gasteiger charge is -2.31. The van der Waals surface area contributed by atoms with Crippen LogP contribution in [0.4, 0.5) is 9.39 Å². The average molecular weight is 433 g/mol. The number of nitrogens with one attached hydrogen (secondary N) is 1. The van der Waals surface area contributed by atoms with Gasteiger partial charge in [-0.05, 0) is 56.5 Å². The zero-order valence-corrected chi connectivity index (χ0v) is 17.9. The largest absolute Gasteiger partial charge is 0.462 e. The Hall–Kier alpha value is -2.74. The van der Waals surface area contributed by atoms with Crippen LogP contribution in [0.15, 0.2) is 30.3 Å². The van der Waals surface area contributed by atoms with E-state index in [1.807, 2.05) is 6.92 Å². The molecule has 2 heterocycles. The lowest BCUT2D eigenvalue weighted by molar-refractivity contribution is -0.121. The molecular formula is C22H25FN2O4S. The Morgan fingerprint density at radius 3 is 2.43 bits per heavy atom. The van der Waals surface area contributed by atoms with Gasteiger partial charge in [0.25, 0.3) is 5.91 Å². The van der Waals surface area contributed by atoms with Gasteiger partial charge < -0.3 is 15.0 Å². The van der Waals surface area contributed by atoms with Crippen LogP contribution in [-0.2, 0) is 16.0 Å². The molecule has 1 aliphatic rings. The van der Waals surface area contributed by atoms with E-state index in [1.54, 1.807) is 17.9 Å². The van der Waals surface area contributed by atoms with Gasteiger partial charge >= 0.3 is 5.97 Å². The molecule has 3 rings (SSSR count). The highest BCUT2D eigenvalue weighted by atomic mass is 32.1. The van der Waals surface area contributed by atoms with Gasteiger partial charge in [-0.1, -0.05) is 6.92 Å². The second-order valence-corrected chi connectivity index (χ2v) is 8.23. The summed E-state index contributed by atoms with van der Waals surface area (Å²) in [7, 11) is 0. The molecule has 2 amide bonds. The van der Waals surface area contributed by atoms with Gasteiger partial charge in [-0.2, -0.15) is 0 Å². The molecule has 8 heteroatoms. The molecule has 30 heavy (non-hydrogen) atoms. The van der Waals surface area contributed by atoms with Gasteiger partial charge in [-0.25, -0.2) is 9.18 Å². The van der Waals surface area contributed by atoms with Crippen molar-refractivity contribution in [2.24, 2.45) is 5.92 Å². The van der Waals surface area contributed by atoms with Crippen molar-refractivity contribution in [3.05, 3.63) is 52.2 Å². The molecule has 160 valence electrons. The maximum absolute atomic E-state index is 13.1. The van der Waals surface area contributed by atoms with Gasteiger partial charge in [0.2, 0.25) is 5.91 Å². The van der Waals surface area contributed by atoms with Crippen molar-refractivity contribution >= 4 is 34.1 Å². The molecule has 0 unspecified atom stereocenters. The molecule has 0 aliphatic carbocycles. The fourth-order valence-corrected chi connectivity index (χ4v) is 4.39. The summed E-state index contributed by atoms with van der Waals surface area (Å²) in [6.45, 7) is 4.89. The molecule has 6 nitrogen and oxygen atoms in total. The number of hydrogen-bond donors (Lipinski definition) is 1. The summed E-state index contributed by atoms with van der Waals surface area (Å²) in [4.78, 5) is 40.2. The fourth-order valence-electron chi connectivity index (χ4n) is 3.40. The molecule has 1 aliphatic heterocycles. The van der Waals surface area contributed by atoms with Crippen LogP contribution in [0.5, 0.6) is 0 Å². The third-order valence-corrected chi connectivity index (χ3v) is 6.30. The van der Waals surface area contributed by atoms with Crippen LogP contribution < -0.4 is 5.32 Å². The number of amides is 2. The first-order chi connectivity index (χ1) is 14.4. The minimum absolute atomic E-state index is 0.154. The van der Waals surface area contributed by atoms with Crippen LogP contribution in [0, 0.1) is 11.7 Å². The lowest BCUT2D eigenvalue weighted by atomic mass is 9.95. The number of carbonyl (C=O) groups excluding carboxylic acids is 3. The molecule has 2 aromatic rings. The zero-order valence-electron chi connectivity index (χ0n) is 17.1. The van der Waals surface area contributed by atoms with Gasteiger partial charge in [0.15, 0.2) is 0 Å². The number of ether oxygens (including phenoxy) is 1. The molecule has 1 fully saturated rings. The topological polar surface area (TPSA) is 75.7 Å². The van der Waals surface area contributed by atoms with Crippen LogP contribution in [0.1, 0.15) is 52.3 Å². The summed E-state index contributed by atoms with van der Waals surface area (Å²) in [5.41, 5.74) is 0.819. The maximum Gasteiger partial charge on any atom is 0.341 e. The molecule has 1 aromatic heterocycles. The van der Waals surface area contributed by atoms with E-state index >= 15 is 0 Å². The van der Waals surface area contributed by atoms with E-state index in [1.165, 1.54) is 35.6 Å². The number of hydrogen-bond acceptors (Lipinski definition) is 5. The normalized spacial score (nSPS) is 14.4. The molecule has 0 bridgehead atoms. The number of nitrogens with zero attached hydrogens (tertiary/aromatic N) is 1. The van der Waals surface area contributed by atoms with E-state index in [2.05, 4.69) is 5.32 Å². The SMILES string of the molecule is CCOC(=O)c1cc(CC)sc1NC(=O)C1CCN(C(=O)c2ccc(F)cc2)CC1. The Bertz CT molecular complexity index is 918. The molecule has 0 saturated carbocycles. The predicted octanol–water partition coefficient (Wildman–Crippen LogP) is 4.12. The molecular weight excluding hydrogens is 407 g/mol. The fraction of sp³-hybridized carbons (Fsp3) is 0.409. The number of piperidine rings is 1. The number of halogens is 1. The van der Waals surface area contributed by atoms with E-state index in [9.17, 15) is 18.8 Å². The van der Waals surface area contributed by atoms with E-state index in [0.717, 1.165) is 11.3 Å². The lowest BCUT2D eigenvalue weighted by Crippen LogP contribution is -2.41. The van der Waals surface area contributed by atoms with Crippen molar-refractivity contribution in [3.63, 3.8) is 0 Å². The van der Waals surface area contributed by atoms with Crippen LogP contribution in [0.3, 0.4) is 0 Å². The quantitative estimate of drug-likeness (QED) is 0.697. The highest BCUT2D eigenvalue weighted by Gasteiger charge is 2.29. The summed E-state index contributed by atoms with van der Waals surface area (Å²) in [5.74, 6) is -1.39. The summed E-state index contributed by atoms with van der Waals surface area (Å²) in [5, 5.41) is 3.40. The number of anilines is 1. The number of carbonyl (C=O) groups is 3. The van der Waals surface area contributed by atoms with E-state index in [4.69, 9.17) is 4.74 Å². The molecule has 1 saturated heterocycles. The molecule has 0 atom stereocenters. The van der Waals surface area contributed by atoms with Crippen LogP contribution >= 0.6 is 11.3 Å². The summed E-state index contributed by atoms with van der Waals surface area (Å²) in [6.07, 6.45) is 1.82. The molecule has 1 N–H and O–H groups in total. The van der Waals surface area contributed by atoms with Crippen molar-refractivity contribution in [2.45, 2.75) is 33.1 Å². The van der Waals surface area contributed by atoms with E-state index < -0.39 is 5.97 Å². The van der Waals surface area contributed by atoms with Crippen LogP contribution in [-0.4, -0.2) is 42.4 Å². The summed E-state index contributed by atoms with van der Waals surface area (Å²) in [6, 6.07) is 7.23. The van der Waals surface area contributed by atoms with Gasteiger partial charge in [-0.3, -0.25) is 9.59 Å². The number of likely N-dealkylation sites (tertiary alicyclic amines) is 1. The van der Waals surface area contributed by atoms with Gasteiger partial charge in [0.1, 0.15) is 10.8 Å². The average Bonchev–Trinajstić information content (AvgIpc) is 3.17. The summed E-state index contributed by atoms with van der Waals surface area (Å²) < 4.78 is 18.2. The van der Waals surface area contributed by atoms with Crippen molar-refractivity contribution in [3.8, 4) is 0 Å². The highest BCUT2D eigenvalue weighted by molar-refractivity contribution is 7.16. The van der Waals surface area contributed by atoms with Crippen molar-refractivity contribution in [1.29, 1.82) is 0 Å². The number of esters is 1. The third-order valence-electron chi connectivity index (χ3n) is 5.11. The first-order valence-corrected chi connectivity index (χ1v) is 10.9. The Kier molecular flexibility index (Phi) is 7.20. The zero-order chi connectivity index (χ0) is 21.7. The van der Waals surface area contributed by atoms with E-state index in [-0.39, 0.29) is 30.2 Å². The summed E-state index contributed by atoms with van der Waals surface area (Å²) >= 11 is 1.38. The number of aryl methyl sites for hydroxylation is 1. The second kappa shape index (κ2) is 9.84. The highest BCUT2D eigenvalue weighted by Crippen LogP contribution is 2.31. The number of thiophene rings is 1. The predicted molar refractivity (Wildman–Crippen MR) is 113 cm³/mol. The van der Waals surface area contributed by atoms with Crippen LogP contribution in [0.2, 0.25) is 0 Å². The smallest absolute Gasteiger partial charge is 0.341 e. The minimum Gasteiger partial charge on any atom is -0.462 e. The molecule has 0 radical (unpaired) electrons. The Balaban J connectivity index is 1.60.